The Morgan fingerprint density at radius 1 is 1.08 bits per heavy atom. The second-order valence-electron chi connectivity index (χ2n) is 6.03. The Labute approximate surface area is 143 Å². The van der Waals surface area contributed by atoms with Gasteiger partial charge in [0.15, 0.2) is 0 Å². The Morgan fingerprint density at radius 2 is 1.92 bits per heavy atom. The maximum atomic E-state index is 5.95. The van der Waals surface area contributed by atoms with E-state index in [2.05, 4.69) is 53.0 Å². The second-order valence-corrected chi connectivity index (χ2v) is 6.03. The van der Waals surface area contributed by atoms with Gasteiger partial charge >= 0.3 is 0 Å². The molecule has 0 amide bonds. The smallest absolute Gasteiger partial charge is 0.125 e. The Kier molecular flexibility index (Phi) is 5.16. The van der Waals surface area contributed by atoms with Crippen molar-refractivity contribution in [2.45, 2.75) is 33.0 Å². The van der Waals surface area contributed by atoms with Crippen molar-refractivity contribution < 1.29 is 4.74 Å². The molecular weight excluding hydrogens is 298 g/mol. The Morgan fingerprint density at radius 3 is 2.62 bits per heavy atom. The molecule has 0 fully saturated rings. The summed E-state index contributed by atoms with van der Waals surface area (Å²) in [6.07, 6.45) is 3.64. The third-order valence-electron chi connectivity index (χ3n) is 3.90. The summed E-state index contributed by atoms with van der Waals surface area (Å²) in [5, 5.41) is 0. The van der Waals surface area contributed by atoms with E-state index < -0.39 is 0 Å². The van der Waals surface area contributed by atoms with Gasteiger partial charge in [-0.3, -0.25) is 0 Å². The zero-order valence-electron chi connectivity index (χ0n) is 14.1. The lowest BCUT2D eigenvalue weighted by atomic mass is 10.2. The van der Waals surface area contributed by atoms with Gasteiger partial charge in [0.2, 0.25) is 0 Å². The third-order valence-corrected chi connectivity index (χ3v) is 3.90. The molecule has 0 unspecified atom stereocenters. The highest BCUT2D eigenvalue weighted by molar-refractivity contribution is 5.51. The molecule has 0 atom stereocenters. The lowest BCUT2D eigenvalue weighted by Gasteiger charge is -2.28. The Hall–Kier alpha value is -2.75. The highest BCUT2D eigenvalue weighted by Crippen LogP contribution is 2.24. The predicted octanol–water partition coefficient (Wildman–Crippen LogP) is 4.40. The van der Waals surface area contributed by atoms with E-state index in [1.165, 1.54) is 5.56 Å². The molecule has 0 aliphatic rings. The lowest BCUT2D eigenvalue weighted by molar-refractivity contribution is 0.306. The van der Waals surface area contributed by atoms with Gasteiger partial charge in [0, 0.05) is 30.2 Å². The fourth-order valence-corrected chi connectivity index (χ4v) is 2.61. The van der Waals surface area contributed by atoms with E-state index in [4.69, 9.17) is 4.74 Å². The third kappa shape index (κ3) is 4.16. The van der Waals surface area contributed by atoms with E-state index in [9.17, 15) is 0 Å². The minimum Gasteiger partial charge on any atom is -0.489 e. The first kappa shape index (κ1) is 16.1. The highest BCUT2D eigenvalue weighted by Gasteiger charge is 2.13. The Bertz CT molecular complexity index is 739. The number of aromatic amines is 1. The monoisotopic (exact) mass is 321 g/mol. The van der Waals surface area contributed by atoms with Crippen LogP contribution in [0.15, 0.2) is 67.0 Å². The summed E-state index contributed by atoms with van der Waals surface area (Å²) < 4.78 is 5.95. The van der Waals surface area contributed by atoms with Crippen LogP contribution in [0.5, 0.6) is 5.75 Å². The summed E-state index contributed by atoms with van der Waals surface area (Å²) in [6, 6.07) is 18.8. The van der Waals surface area contributed by atoms with Crippen LogP contribution in [0.3, 0.4) is 0 Å². The molecule has 2 aromatic carbocycles. The molecule has 1 aromatic heterocycles. The van der Waals surface area contributed by atoms with Crippen molar-refractivity contribution in [3.8, 4) is 5.75 Å². The topological polar surface area (TPSA) is 41.2 Å². The molecule has 1 heterocycles. The van der Waals surface area contributed by atoms with Crippen molar-refractivity contribution in [2.75, 3.05) is 4.90 Å². The first-order valence-corrected chi connectivity index (χ1v) is 8.24. The van der Waals surface area contributed by atoms with Crippen LogP contribution in [-0.4, -0.2) is 16.0 Å². The number of hydrogen-bond acceptors (Lipinski definition) is 3. The van der Waals surface area contributed by atoms with Crippen molar-refractivity contribution >= 4 is 5.69 Å². The maximum Gasteiger partial charge on any atom is 0.125 e. The zero-order chi connectivity index (χ0) is 16.8. The molecule has 124 valence electrons. The number of ether oxygens (including phenoxy) is 1. The molecule has 3 rings (SSSR count). The van der Waals surface area contributed by atoms with E-state index in [0.717, 1.165) is 23.8 Å². The number of nitrogens with zero attached hydrogens (tertiary/aromatic N) is 2. The number of benzene rings is 2. The molecular formula is C20H23N3O. The first-order chi connectivity index (χ1) is 11.7. The van der Waals surface area contributed by atoms with Gasteiger partial charge in [-0.25, -0.2) is 4.98 Å². The normalized spacial score (nSPS) is 10.8. The van der Waals surface area contributed by atoms with Crippen molar-refractivity contribution in [3.05, 3.63) is 78.4 Å². The van der Waals surface area contributed by atoms with Crippen LogP contribution >= 0.6 is 0 Å². The van der Waals surface area contributed by atoms with E-state index in [1.54, 1.807) is 6.20 Å². The summed E-state index contributed by atoms with van der Waals surface area (Å²) in [5.74, 6) is 1.83. The van der Waals surface area contributed by atoms with Crippen LogP contribution in [-0.2, 0) is 13.2 Å². The number of aromatic nitrogens is 2. The van der Waals surface area contributed by atoms with Gasteiger partial charge in [-0.1, -0.05) is 36.4 Å². The number of nitrogens with one attached hydrogen (secondary N) is 1. The van der Waals surface area contributed by atoms with Crippen LogP contribution in [0.25, 0.3) is 0 Å². The molecule has 3 aromatic rings. The van der Waals surface area contributed by atoms with Crippen molar-refractivity contribution in [2.24, 2.45) is 0 Å². The van der Waals surface area contributed by atoms with Gasteiger partial charge in [-0.2, -0.15) is 0 Å². The minimum absolute atomic E-state index is 0.361. The van der Waals surface area contributed by atoms with Crippen LogP contribution in [0.4, 0.5) is 5.69 Å². The predicted molar refractivity (Wildman–Crippen MR) is 97.1 cm³/mol. The van der Waals surface area contributed by atoms with Crippen LogP contribution in [0.1, 0.15) is 25.2 Å². The fourth-order valence-electron chi connectivity index (χ4n) is 2.61. The van der Waals surface area contributed by atoms with Crippen LogP contribution < -0.4 is 9.64 Å². The van der Waals surface area contributed by atoms with E-state index in [-0.39, 0.29) is 0 Å². The number of hydrogen-bond donors (Lipinski definition) is 1. The molecule has 4 heteroatoms. The maximum absolute atomic E-state index is 5.95. The molecule has 0 aliphatic heterocycles. The average molecular weight is 321 g/mol. The fraction of sp³-hybridized carbons (Fsp3) is 0.250. The van der Waals surface area contributed by atoms with E-state index in [1.807, 2.05) is 36.5 Å². The number of imidazole rings is 1. The standard InChI is InChI=1S/C20H23N3O/c1-16(2)23(14-20-21-11-12-22-20)18-9-6-10-19(13-18)24-15-17-7-4-3-5-8-17/h3-13,16H,14-15H2,1-2H3,(H,21,22). The molecule has 0 saturated heterocycles. The SMILES string of the molecule is CC(C)N(Cc1ncc[nH]1)c1cccc(OCc2ccccc2)c1. The molecule has 0 aliphatic carbocycles. The van der Waals surface area contributed by atoms with Gasteiger partial charge in [0.1, 0.15) is 18.2 Å². The van der Waals surface area contributed by atoms with Gasteiger partial charge < -0.3 is 14.6 Å². The zero-order valence-corrected chi connectivity index (χ0v) is 14.1. The number of H-pyrrole nitrogens is 1. The van der Waals surface area contributed by atoms with Gasteiger partial charge in [-0.15, -0.1) is 0 Å². The van der Waals surface area contributed by atoms with Gasteiger partial charge in [0.05, 0.1) is 6.54 Å². The van der Waals surface area contributed by atoms with Crippen molar-refractivity contribution in [1.29, 1.82) is 0 Å². The van der Waals surface area contributed by atoms with Crippen molar-refractivity contribution in [1.82, 2.24) is 9.97 Å². The van der Waals surface area contributed by atoms with Crippen LogP contribution in [0.2, 0.25) is 0 Å². The van der Waals surface area contributed by atoms with Gasteiger partial charge in [-0.05, 0) is 31.5 Å². The molecule has 0 bridgehead atoms. The van der Waals surface area contributed by atoms with Crippen LogP contribution in [0, 0.1) is 0 Å². The quantitative estimate of drug-likeness (QED) is 0.701. The number of rotatable bonds is 7. The summed E-state index contributed by atoms with van der Waals surface area (Å²) in [7, 11) is 0. The summed E-state index contributed by atoms with van der Waals surface area (Å²) >= 11 is 0. The molecule has 24 heavy (non-hydrogen) atoms. The number of anilines is 1. The lowest BCUT2D eigenvalue weighted by Crippen LogP contribution is -2.30. The molecule has 0 radical (unpaired) electrons. The van der Waals surface area contributed by atoms with E-state index in [0.29, 0.717) is 12.6 Å². The second kappa shape index (κ2) is 7.68. The first-order valence-electron chi connectivity index (χ1n) is 8.24. The molecule has 0 saturated carbocycles. The minimum atomic E-state index is 0.361. The largest absolute Gasteiger partial charge is 0.489 e. The molecule has 4 nitrogen and oxygen atoms in total. The molecule has 0 spiro atoms. The average Bonchev–Trinajstić information content (AvgIpc) is 3.12. The highest BCUT2D eigenvalue weighted by atomic mass is 16.5. The summed E-state index contributed by atoms with van der Waals surface area (Å²) in [4.78, 5) is 9.80. The molecule has 1 N–H and O–H groups in total. The summed E-state index contributed by atoms with van der Waals surface area (Å²) in [6.45, 7) is 5.68. The Balaban J connectivity index is 1.72. The van der Waals surface area contributed by atoms with E-state index >= 15 is 0 Å². The van der Waals surface area contributed by atoms with Gasteiger partial charge in [0.25, 0.3) is 0 Å². The summed E-state index contributed by atoms with van der Waals surface area (Å²) in [5.41, 5.74) is 2.30. The van der Waals surface area contributed by atoms with Crippen molar-refractivity contribution in [3.63, 3.8) is 0 Å².